The molecule has 3 atom stereocenters. The van der Waals surface area contributed by atoms with E-state index >= 15 is 0 Å². The van der Waals surface area contributed by atoms with Gasteiger partial charge in [-0.05, 0) is 22.8 Å². The van der Waals surface area contributed by atoms with Gasteiger partial charge in [0.25, 0.3) is 0 Å². The summed E-state index contributed by atoms with van der Waals surface area (Å²) in [6.45, 7) is 0. The number of carbonyl (C=O) groups is 1. The summed E-state index contributed by atoms with van der Waals surface area (Å²) < 4.78 is 0. The number of carbonyl (C=O) groups excluding carboxylic acids is 1. The van der Waals surface area contributed by atoms with Gasteiger partial charge < -0.3 is 0 Å². The van der Waals surface area contributed by atoms with Crippen molar-refractivity contribution in [2.24, 2.45) is 0 Å². The van der Waals surface area contributed by atoms with Crippen LogP contribution in [0.15, 0.2) is 42.5 Å². The Bertz CT molecular complexity index is 542. The lowest BCUT2D eigenvalue weighted by molar-refractivity contribution is -0.112. The second-order valence-corrected chi connectivity index (χ2v) is 4.91. The number of benzene rings is 2. The molecule has 0 bridgehead atoms. The molecule has 2 aromatic rings. The molecule has 0 radical (unpaired) electrons. The molecule has 0 aromatic heterocycles. The Morgan fingerprint density at radius 1 is 1.18 bits per heavy atom. The van der Waals surface area contributed by atoms with Crippen LogP contribution in [0.25, 0.3) is 10.8 Å². The first-order valence-electron chi connectivity index (χ1n) is 5.44. The Hall–Kier alpha value is -0.810. The van der Waals surface area contributed by atoms with Crippen molar-refractivity contribution in [3.8, 4) is 0 Å². The molecule has 2 nitrogen and oxygen atoms in total. The van der Waals surface area contributed by atoms with Crippen molar-refractivity contribution in [1.29, 1.82) is 0 Å². The van der Waals surface area contributed by atoms with Crippen LogP contribution in [0.2, 0.25) is 0 Å². The van der Waals surface area contributed by atoms with E-state index in [2.05, 4.69) is 54.0 Å². The molecule has 88 valence electrons. The summed E-state index contributed by atoms with van der Waals surface area (Å²) in [5.41, 5.74) is 1.24. The predicted molar refractivity (Wildman–Crippen MR) is 79.0 cm³/mol. The first-order valence-corrected chi connectivity index (χ1v) is 6.59. The molecule has 3 unspecified atom stereocenters. The van der Waals surface area contributed by atoms with E-state index in [1.807, 2.05) is 12.1 Å². The molecule has 0 heterocycles. The van der Waals surface area contributed by atoms with Gasteiger partial charge in [0.1, 0.15) is 0 Å². The highest BCUT2D eigenvalue weighted by molar-refractivity contribution is 7.40. The van der Waals surface area contributed by atoms with E-state index in [-0.39, 0.29) is 11.6 Å². The molecule has 0 saturated carbocycles. The van der Waals surface area contributed by atoms with Crippen molar-refractivity contribution in [2.45, 2.75) is 12.5 Å². The Morgan fingerprint density at radius 2 is 1.88 bits per heavy atom. The summed E-state index contributed by atoms with van der Waals surface area (Å²) in [5.74, 6) is 0. The summed E-state index contributed by atoms with van der Waals surface area (Å²) in [7, 11) is 4.63. The molecule has 0 fully saturated rings. The van der Waals surface area contributed by atoms with Crippen LogP contribution < -0.4 is 5.09 Å². The summed E-state index contributed by atoms with van der Waals surface area (Å²) in [6, 6.07) is 14.4. The highest BCUT2D eigenvalue weighted by Crippen LogP contribution is 2.17. The highest BCUT2D eigenvalue weighted by atomic mass is 31.0. The van der Waals surface area contributed by atoms with Gasteiger partial charge in [0.05, 0.1) is 6.04 Å². The van der Waals surface area contributed by atoms with Crippen molar-refractivity contribution >= 4 is 34.9 Å². The fourth-order valence-electron chi connectivity index (χ4n) is 1.84. The van der Waals surface area contributed by atoms with Crippen LogP contribution in [0, 0.1) is 0 Å². The van der Waals surface area contributed by atoms with Gasteiger partial charge in [-0.2, -0.15) is 0 Å². The second kappa shape index (κ2) is 5.69. The first-order chi connectivity index (χ1) is 8.20. The number of rotatable bonds is 4. The Labute approximate surface area is 106 Å². The van der Waals surface area contributed by atoms with Crippen LogP contribution in [0.4, 0.5) is 0 Å². The third-order valence-corrected chi connectivity index (χ3v) is 3.60. The van der Waals surface area contributed by atoms with Gasteiger partial charge in [-0.15, -0.1) is 0 Å². The third-order valence-electron chi connectivity index (χ3n) is 2.80. The summed E-state index contributed by atoms with van der Waals surface area (Å²) >= 11 is 0. The summed E-state index contributed by atoms with van der Waals surface area (Å²) in [5, 5.41) is 5.38. The molecule has 0 amide bonds. The number of hydrogen-bond donors (Lipinski definition) is 1. The maximum Gasteiger partial charge on any atom is 0.165 e. The molecular weight excluding hydrogens is 248 g/mol. The largest absolute Gasteiger partial charge is 0.293 e. The van der Waals surface area contributed by atoms with E-state index in [4.69, 9.17) is 0 Å². The lowest BCUT2D eigenvalue weighted by Crippen LogP contribution is -2.28. The molecule has 2 rings (SSSR count). The fourth-order valence-corrected chi connectivity index (χ4v) is 2.53. The molecular formula is C13H15NOP2. The SMILES string of the molecule is O=C(P)C(Cc1ccc2ccccc2c1)NP. The minimum Gasteiger partial charge on any atom is -0.293 e. The molecule has 17 heavy (non-hydrogen) atoms. The zero-order chi connectivity index (χ0) is 12.3. The van der Waals surface area contributed by atoms with Crippen LogP contribution >= 0.6 is 18.6 Å². The average molecular weight is 263 g/mol. The lowest BCUT2D eigenvalue weighted by Gasteiger charge is -2.12. The first kappa shape index (κ1) is 12.6. The third kappa shape index (κ3) is 3.10. The number of hydrogen-bond acceptors (Lipinski definition) is 2. The van der Waals surface area contributed by atoms with Crippen LogP contribution in [0.1, 0.15) is 5.56 Å². The summed E-state index contributed by atoms with van der Waals surface area (Å²) in [6.07, 6.45) is 0.705. The zero-order valence-electron chi connectivity index (χ0n) is 9.39. The van der Waals surface area contributed by atoms with Crippen molar-refractivity contribution in [2.75, 3.05) is 0 Å². The van der Waals surface area contributed by atoms with E-state index in [1.165, 1.54) is 16.3 Å². The molecule has 4 heteroatoms. The van der Waals surface area contributed by atoms with Gasteiger partial charge in [0.2, 0.25) is 0 Å². The van der Waals surface area contributed by atoms with E-state index < -0.39 is 0 Å². The van der Waals surface area contributed by atoms with Gasteiger partial charge in [0, 0.05) is 0 Å². The van der Waals surface area contributed by atoms with Gasteiger partial charge >= 0.3 is 0 Å². The molecule has 1 N–H and O–H groups in total. The fraction of sp³-hybridized carbons (Fsp3) is 0.154. The smallest absolute Gasteiger partial charge is 0.165 e. The van der Waals surface area contributed by atoms with E-state index in [0.29, 0.717) is 6.42 Å². The minimum absolute atomic E-state index is 0.0770. The molecule has 2 aromatic carbocycles. The second-order valence-electron chi connectivity index (χ2n) is 4.01. The van der Waals surface area contributed by atoms with E-state index in [9.17, 15) is 4.79 Å². The van der Waals surface area contributed by atoms with Crippen LogP contribution in [0.5, 0.6) is 0 Å². The quantitative estimate of drug-likeness (QED) is 0.859. The predicted octanol–water partition coefficient (Wildman–Crippen LogP) is 2.53. The molecule has 0 aliphatic heterocycles. The van der Waals surface area contributed by atoms with Crippen molar-refractivity contribution in [3.05, 3.63) is 48.0 Å². The van der Waals surface area contributed by atoms with Crippen molar-refractivity contribution < 1.29 is 4.79 Å². The molecule has 0 aliphatic rings. The maximum atomic E-state index is 11.3. The topological polar surface area (TPSA) is 29.1 Å². The zero-order valence-corrected chi connectivity index (χ0v) is 11.7. The molecule has 0 saturated heterocycles. The van der Waals surface area contributed by atoms with Crippen LogP contribution in [-0.4, -0.2) is 11.6 Å². The monoisotopic (exact) mass is 263 g/mol. The molecule has 0 aliphatic carbocycles. The van der Waals surface area contributed by atoms with Crippen LogP contribution in [-0.2, 0) is 11.2 Å². The maximum absolute atomic E-state index is 11.3. The van der Waals surface area contributed by atoms with E-state index in [1.54, 1.807) is 0 Å². The number of fused-ring (bicyclic) bond motifs is 1. The van der Waals surface area contributed by atoms with E-state index in [0.717, 1.165) is 0 Å². The summed E-state index contributed by atoms with van der Waals surface area (Å²) in [4.78, 5) is 11.3. The minimum atomic E-state index is -0.161. The lowest BCUT2D eigenvalue weighted by atomic mass is 10.0. The molecule has 0 spiro atoms. The van der Waals surface area contributed by atoms with Gasteiger partial charge in [-0.25, -0.2) is 0 Å². The normalized spacial score (nSPS) is 12.6. The van der Waals surface area contributed by atoms with Gasteiger partial charge in [0.15, 0.2) is 5.52 Å². The van der Waals surface area contributed by atoms with Crippen molar-refractivity contribution in [1.82, 2.24) is 5.09 Å². The van der Waals surface area contributed by atoms with Gasteiger partial charge in [-0.3, -0.25) is 9.88 Å². The highest BCUT2D eigenvalue weighted by Gasteiger charge is 2.12. The Morgan fingerprint density at radius 3 is 2.53 bits per heavy atom. The average Bonchev–Trinajstić information content (AvgIpc) is 2.35. The Kier molecular flexibility index (Phi) is 4.23. The Balaban J connectivity index is 2.27. The van der Waals surface area contributed by atoms with Crippen molar-refractivity contribution in [3.63, 3.8) is 0 Å². The number of nitrogens with one attached hydrogen (secondary N) is 1. The van der Waals surface area contributed by atoms with Crippen LogP contribution in [0.3, 0.4) is 0 Å². The van der Waals surface area contributed by atoms with Gasteiger partial charge in [-0.1, -0.05) is 61.1 Å². The standard InChI is InChI=1S/C13H15NOP2/c15-13(16)12(14-17)8-9-5-6-10-3-1-2-4-11(10)7-9/h1-7,12,14H,8,16-17H2.